The van der Waals surface area contributed by atoms with E-state index < -0.39 is 0 Å². The molecule has 0 bridgehead atoms. The quantitative estimate of drug-likeness (QED) is 0.915. The number of aryl methyl sites for hydroxylation is 2. The predicted molar refractivity (Wildman–Crippen MR) is 84.0 cm³/mol. The maximum Gasteiger partial charge on any atom is 0.138 e. The number of rotatable bonds is 2. The minimum absolute atomic E-state index is 0.347. The molecule has 2 heterocycles. The van der Waals surface area contributed by atoms with Gasteiger partial charge in [-0.2, -0.15) is 0 Å². The summed E-state index contributed by atoms with van der Waals surface area (Å²) in [5.74, 6) is 2.16. The van der Waals surface area contributed by atoms with Crippen molar-refractivity contribution < 1.29 is 5.11 Å². The number of para-hydroxylation sites is 2. The minimum atomic E-state index is 0.347. The van der Waals surface area contributed by atoms with E-state index in [4.69, 9.17) is 0 Å². The molecule has 0 spiro atoms. The van der Waals surface area contributed by atoms with Gasteiger partial charge in [-0.3, -0.25) is 0 Å². The number of hydrogen-bond acceptors (Lipinski definition) is 5. The molecule has 1 aromatic carbocycles. The van der Waals surface area contributed by atoms with E-state index in [9.17, 15) is 5.11 Å². The molecular weight excluding hydrogens is 264 g/mol. The van der Waals surface area contributed by atoms with Gasteiger partial charge in [0.15, 0.2) is 0 Å². The van der Waals surface area contributed by atoms with E-state index in [-0.39, 0.29) is 0 Å². The Morgan fingerprint density at radius 1 is 0.952 bits per heavy atom. The van der Waals surface area contributed by atoms with E-state index >= 15 is 0 Å². The summed E-state index contributed by atoms with van der Waals surface area (Å²) in [7, 11) is 0. The molecule has 0 radical (unpaired) electrons. The van der Waals surface area contributed by atoms with Crippen molar-refractivity contribution in [3.63, 3.8) is 0 Å². The molecule has 1 N–H and O–H groups in total. The van der Waals surface area contributed by atoms with E-state index in [1.165, 1.54) is 0 Å². The topological polar surface area (TPSA) is 52.5 Å². The SMILES string of the molecule is Cc1cc(N2CCN(c3ccccc3O)CC2)nc(C)n1. The maximum atomic E-state index is 9.94. The molecule has 1 saturated heterocycles. The summed E-state index contributed by atoms with van der Waals surface area (Å²) in [5, 5.41) is 9.94. The second-order valence-corrected chi connectivity index (χ2v) is 5.38. The molecular formula is C16H20N4O. The first kappa shape index (κ1) is 13.7. The highest BCUT2D eigenvalue weighted by molar-refractivity contribution is 5.58. The molecule has 5 nitrogen and oxygen atoms in total. The van der Waals surface area contributed by atoms with Gasteiger partial charge in [0.2, 0.25) is 0 Å². The number of anilines is 2. The number of aromatic nitrogens is 2. The van der Waals surface area contributed by atoms with Gasteiger partial charge in [0.1, 0.15) is 17.4 Å². The lowest BCUT2D eigenvalue weighted by Gasteiger charge is -2.37. The van der Waals surface area contributed by atoms with Crippen LogP contribution in [0.1, 0.15) is 11.5 Å². The first-order chi connectivity index (χ1) is 10.1. The van der Waals surface area contributed by atoms with E-state index in [0.717, 1.165) is 49.2 Å². The number of phenolic OH excluding ortho intramolecular Hbond substituents is 1. The first-order valence-electron chi connectivity index (χ1n) is 7.23. The van der Waals surface area contributed by atoms with E-state index in [1.807, 2.05) is 38.1 Å². The molecule has 21 heavy (non-hydrogen) atoms. The number of phenols is 1. The highest BCUT2D eigenvalue weighted by Gasteiger charge is 2.20. The zero-order chi connectivity index (χ0) is 14.8. The zero-order valence-electron chi connectivity index (χ0n) is 12.5. The van der Waals surface area contributed by atoms with Crippen molar-refractivity contribution in [1.82, 2.24) is 9.97 Å². The van der Waals surface area contributed by atoms with Gasteiger partial charge in [0.05, 0.1) is 5.69 Å². The Kier molecular flexibility index (Phi) is 3.64. The van der Waals surface area contributed by atoms with Crippen LogP contribution in [0.3, 0.4) is 0 Å². The zero-order valence-corrected chi connectivity index (χ0v) is 12.5. The molecule has 1 aliphatic heterocycles. The summed E-state index contributed by atoms with van der Waals surface area (Å²) in [6.45, 7) is 7.46. The Balaban J connectivity index is 1.72. The summed E-state index contributed by atoms with van der Waals surface area (Å²) < 4.78 is 0. The lowest BCUT2D eigenvalue weighted by molar-refractivity contribution is 0.472. The molecule has 0 aliphatic carbocycles. The average molecular weight is 284 g/mol. The van der Waals surface area contributed by atoms with E-state index in [2.05, 4.69) is 19.8 Å². The number of aromatic hydroxyl groups is 1. The van der Waals surface area contributed by atoms with Crippen LogP contribution in [-0.4, -0.2) is 41.3 Å². The van der Waals surface area contributed by atoms with Crippen LogP contribution < -0.4 is 9.80 Å². The van der Waals surface area contributed by atoms with Gasteiger partial charge < -0.3 is 14.9 Å². The highest BCUT2D eigenvalue weighted by Crippen LogP contribution is 2.27. The van der Waals surface area contributed by atoms with Crippen LogP contribution in [0, 0.1) is 13.8 Å². The Labute approximate surface area is 124 Å². The Morgan fingerprint density at radius 2 is 1.62 bits per heavy atom. The molecule has 0 saturated carbocycles. The summed E-state index contributed by atoms with van der Waals surface area (Å²) in [5.41, 5.74) is 1.91. The fraction of sp³-hybridized carbons (Fsp3) is 0.375. The van der Waals surface area contributed by atoms with Crippen molar-refractivity contribution in [2.24, 2.45) is 0 Å². The van der Waals surface area contributed by atoms with Crippen LogP contribution in [-0.2, 0) is 0 Å². The van der Waals surface area contributed by atoms with Gasteiger partial charge in [0, 0.05) is 37.9 Å². The van der Waals surface area contributed by atoms with Gasteiger partial charge in [-0.25, -0.2) is 9.97 Å². The maximum absolute atomic E-state index is 9.94. The van der Waals surface area contributed by atoms with E-state index in [0.29, 0.717) is 5.75 Å². The molecule has 1 fully saturated rings. The molecule has 2 aromatic rings. The van der Waals surface area contributed by atoms with Crippen LogP contribution in [0.5, 0.6) is 5.75 Å². The molecule has 3 rings (SSSR count). The minimum Gasteiger partial charge on any atom is -0.506 e. The normalized spacial score (nSPS) is 15.3. The summed E-state index contributed by atoms with van der Waals surface area (Å²) in [6.07, 6.45) is 0. The van der Waals surface area contributed by atoms with Crippen molar-refractivity contribution in [3.05, 3.63) is 41.9 Å². The van der Waals surface area contributed by atoms with Crippen LogP contribution in [0.25, 0.3) is 0 Å². The highest BCUT2D eigenvalue weighted by atomic mass is 16.3. The second kappa shape index (κ2) is 5.60. The molecule has 0 amide bonds. The third kappa shape index (κ3) is 2.91. The average Bonchev–Trinajstić information content (AvgIpc) is 2.47. The van der Waals surface area contributed by atoms with Gasteiger partial charge >= 0.3 is 0 Å². The Morgan fingerprint density at radius 3 is 2.29 bits per heavy atom. The summed E-state index contributed by atoms with van der Waals surface area (Å²) >= 11 is 0. The monoisotopic (exact) mass is 284 g/mol. The third-order valence-corrected chi connectivity index (χ3v) is 3.78. The third-order valence-electron chi connectivity index (χ3n) is 3.78. The number of hydrogen-bond donors (Lipinski definition) is 1. The van der Waals surface area contributed by atoms with Crippen LogP contribution in [0.4, 0.5) is 11.5 Å². The molecule has 1 aromatic heterocycles. The molecule has 0 atom stereocenters. The van der Waals surface area contributed by atoms with Gasteiger partial charge in [-0.1, -0.05) is 12.1 Å². The summed E-state index contributed by atoms with van der Waals surface area (Å²) in [6, 6.07) is 9.53. The van der Waals surface area contributed by atoms with Crippen LogP contribution in [0.2, 0.25) is 0 Å². The predicted octanol–water partition coefficient (Wildman–Crippen LogP) is 2.13. The van der Waals surface area contributed by atoms with Crippen molar-refractivity contribution in [2.75, 3.05) is 36.0 Å². The van der Waals surface area contributed by atoms with Crippen LogP contribution >= 0.6 is 0 Å². The molecule has 0 unspecified atom stereocenters. The summed E-state index contributed by atoms with van der Waals surface area (Å²) in [4.78, 5) is 13.3. The van der Waals surface area contributed by atoms with Gasteiger partial charge in [-0.15, -0.1) is 0 Å². The second-order valence-electron chi connectivity index (χ2n) is 5.38. The fourth-order valence-corrected chi connectivity index (χ4v) is 2.77. The number of piperazine rings is 1. The molecule has 1 aliphatic rings. The number of benzene rings is 1. The van der Waals surface area contributed by atoms with Gasteiger partial charge in [-0.05, 0) is 26.0 Å². The molecule has 110 valence electrons. The lowest BCUT2D eigenvalue weighted by atomic mass is 10.2. The van der Waals surface area contributed by atoms with Gasteiger partial charge in [0.25, 0.3) is 0 Å². The molecule has 5 heteroatoms. The van der Waals surface area contributed by atoms with Crippen LogP contribution in [0.15, 0.2) is 30.3 Å². The fourth-order valence-electron chi connectivity index (χ4n) is 2.77. The Hall–Kier alpha value is -2.30. The van der Waals surface area contributed by atoms with E-state index in [1.54, 1.807) is 6.07 Å². The van der Waals surface area contributed by atoms with Crippen molar-refractivity contribution >= 4 is 11.5 Å². The van der Waals surface area contributed by atoms with Crippen molar-refractivity contribution in [2.45, 2.75) is 13.8 Å². The standard InChI is InChI=1S/C16H20N4O/c1-12-11-16(18-13(2)17-12)20-9-7-19(8-10-20)14-5-3-4-6-15(14)21/h3-6,11,21H,7-10H2,1-2H3. The number of nitrogens with zero attached hydrogens (tertiary/aromatic N) is 4. The smallest absolute Gasteiger partial charge is 0.138 e. The van der Waals surface area contributed by atoms with Crippen molar-refractivity contribution in [3.8, 4) is 5.75 Å². The largest absolute Gasteiger partial charge is 0.506 e. The Bertz CT molecular complexity index is 616. The van der Waals surface area contributed by atoms with Crippen molar-refractivity contribution in [1.29, 1.82) is 0 Å². The first-order valence-corrected chi connectivity index (χ1v) is 7.23. The lowest BCUT2D eigenvalue weighted by Crippen LogP contribution is -2.47.